The van der Waals surface area contributed by atoms with Gasteiger partial charge >= 0.3 is 0 Å². The molecular formula is C18H32Cl2O13. The minimum atomic E-state index is -1.77. The van der Waals surface area contributed by atoms with Gasteiger partial charge < -0.3 is 64.5 Å². The third-order valence-electron chi connectivity index (χ3n) is 5.16. The fourth-order valence-corrected chi connectivity index (χ4v) is 3.45. The molecule has 0 aromatic carbocycles. The van der Waals surface area contributed by atoms with Gasteiger partial charge in [-0.1, -0.05) is 0 Å². The molecule has 0 radical (unpaired) electrons. The molecule has 0 aromatic heterocycles. The molecule has 0 bridgehead atoms. The van der Waals surface area contributed by atoms with Crippen LogP contribution in [0.3, 0.4) is 0 Å². The van der Waals surface area contributed by atoms with Gasteiger partial charge in [-0.15, -0.1) is 23.2 Å². The Labute approximate surface area is 199 Å². The van der Waals surface area contributed by atoms with Crippen LogP contribution in [0.25, 0.3) is 0 Å². The number of hydrogen-bond acceptors (Lipinski definition) is 13. The second kappa shape index (κ2) is 14.0. The van der Waals surface area contributed by atoms with Crippen LogP contribution in [0.4, 0.5) is 0 Å². The highest BCUT2D eigenvalue weighted by molar-refractivity contribution is 6.18. The SMILES string of the molecule is OC(CCl)COCC1OC(OC2C(COCC(O)CCl)OC(O)[C@@H](O)C2O)[C@@H](O)C(O)C1O. The summed E-state index contributed by atoms with van der Waals surface area (Å²) in [6.45, 7) is -0.970. The second-order valence-corrected chi connectivity index (χ2v) is 8.47. The smallest absolute Gasteiger partial charge is 0.187 e. The van der Waals surface area contributed by atoms with E-state index in [1.54, 1.807) is 0 Å². The maximum Gasteiger partial charge on any atom is 0.187 e. The molecule has 0 amide bonds. The largest absolute Gasteiger partial charge is 0.389 e. The van der Waals surface area contributed by atoms with Crippen LogP contribution in [0, 0.1) is 0 Å². The van der Waals surface area contributed by atoms with Crippen molar-refractivity contribution >= 4 is 23.2 Å². The Morgan fingerprint density at radius 2 is 1.21 bits per heavy atom. The maximum atomic E-state index is 10.4. The Morgan fingerprint density at radius 1 is 0.667 bits per heavy atom. The molecule has 15 heteroatoms. The van der Waals surface area contributed by atoms with E-state index in [-0.39, 0.29) is 38.2 Å². The normalized spacial score (nSPS) is 41.6. The summed E-state index contributed by atoms with van der Waals surface area (Å²) < 4.78 is 26.8. The van der Waals surface area contributed by atoms with Gasteiger partial charge in [-0.25, -0.2) is 0 Å². The van der Waals surface area contributed by atoms with Crippen LogP contribution in [-0.4, -0.2) is 153 Å². The molecule has 8 N–H and O–H groups in total. The van der Waals surface area contributed by atoms with Gasteiger partial charge in [-0.2, -0.15) is 0 Å². The standard InChI is InChI=1S/C18H32Cl2O13/c19-1-7(21)3-29-5-9-11(23)12(24)15(27)18(32-9)33-16-10(6-30-4-8(22)2-20)31-17(28)14(26)13(16)25/h7-18,21-28H,1-6H2/t7?,8?,9?,10?,11?,12?,13?,14-,15-,16?,17?,18?/m0/s1. The van der Waals surface area contributed by atoms with E-state index in [2.05, 4.69) is 0 Å². The van der Waals surface area contributed by atoms with Crippen LogP contribution in [0.15, 0.2) is 0 Å². The quantitative estimate of drug-likeness (QED) is 0.114. The summed E-state index contributed by atoms with van der Waals surface area (Å²) in [6.07, 6.45) is -17.7. The topological polar surface area (TPSA) is 208 Å². The highest BCUT2D eigenvalue weighted by Crippen LogP contribution is 2.29. The van der Waals surface area contributed by atoms with E-state index in [0.717, 1.165) is 0 Å². The van der Waals surface area contributed by atoms with Crippen LogP contribution >= 0.6 is 23.2 Å². The zero-order chi connectivity index (χ0) is 24.7. The van der Waals surface area contributed by atoms with Gasteiger partial charge in [0.25, 0.3) is 0 Å². The number of alkyl halides is 2. The molecule has 2 fully saturated rings. The first-order chi connectivity index (χ1) is 15.6. The molecule has 0 saturated carbocycles. The monoisotopic (exact) mass is 526 g/mol. The molecule has 196 valence electrons. The van der Waals surface area contributed by atoms with Crippen LogP contribution in [0.5, 0.6) is 0 Å². The summed E-state index contributed by atoms with van der Waals surface area (Å²) in [4.78, 5) is 0. The molecule has 12 atom stereocenters. The molecule has 10 unspecified atom stereocenters. The first kappa shape index (κ1) is 29.3. The maximum absolute atomic E-state index is 10.4. The number of aliphatic hydroxyl groups excluding tert-OH is 8. The van der Waals surface area contributed by atoms with Crippen molar-refractivity contribution in [2.45, 2.75) is 73.6 Å². The van der Waals surface area contributed by atoms with Gasteiger partial charge in [0.15, 0.2) is 12.6 Å². The molecule has 0 aliphatic carbocycles. The fraction of sp³-hybridized carbons (Fsp3) is 1.00. The molecular weight excluding hydrogens is 495 g/mol. The average Bonchev–Trinajstić information content (AvgIpc) is 2.80. The molecule has 2 saturated heterocycles. The van der Waals surface area contributed by atoms with Crippen LogP contribution in [0.2, 0.25) is 0 Å². The van der Waals surface area contributed by atoms with Crippen LogP contribution in [-0.2, 0) is 23.7 Å². The van der Waals surface area contributed by atoms with Crippen molar-refractivity contribution in [3.8, 4) is 0 Å². The van der Waals surface area contributed by atoms with E-state index in [1.807, 2.05) is 0 Å². The molecule has 13 nitrogen and oxygen atoms in total. The third kappa shape index (κ3) is 8.03. The van der Waals surface area contributed by atoms with Crippen molar-refractivity contribution in [2.24, 2.45) is 0 Å². The van der Waals surface area contributed by atoms with Gasteiger partial charge in [0.2, 0.25) is 0 Å². The van der Waals surface area contributed by atoms with Gasteiger partial charge in [0, 0.05) is 0 Å². The lowest BCUT2D eigenvalue weighted by molar-refractivity contribution is -0.356. The molecule has 2 aliphatic rings. The van der Waals surface area contributed by atoms with E-state index in [0.29, 0.717) is 0 Å². The summed E-state index contributed by atoms with van der Waals surface area (Å²) in [5.41, 5.74) is 0. The highest BCUT2D eigenvalue weighted by atomic mass is 35.5. The van der Waals surface area contributed by atoms with Gasteiger partial charge in [0.05, 0.1) is 50.4 Å². The number of aliphatic hydroxyl groups is 8. The van der Waals surface area contributed by atoms with E-state index in [9.17, 15) is 40.9 Å². The predicted molar refractivity (Wildman–Crippen MR) is 110 cm³/mol. The zero-order valence-corrected chi connectivity index (χ0v) is 19.1. The van der Waals surface area contributed by atoms with Gasteiger partial charge in [0.1, 0.15) is 48.8 Å². The number of ether oxygens (including phenoxy) is 5. The Hall–Kier alpha value is 0.0600. The Kier molecular flexibility index (Phi) is 12.4. The van der Waals surface area contributed by atoms with Gasteiger partial charge in [-0.3, -0.25) is 0 Å². The summed E-state index contributed by atoms with van der Waals surface area (Å²) in [5, 5.41) is 79.8. The number of hydrogen-bond donors (Lipinski definition) is 8. The van der Waals surface area contributed by atoms with Crippen LogP contribution < -0.4 is 0 Å². The Morgan fingerprint density at radius 3 is 1.76 bits per heavy atom. The average molecular weight is 527 g/mol. The summed E-state index contributed by atoms with van der Waals surface area (Å²) in [5.74, 6) is -0.177. The molecule has 2 rings (SSSR count). The lowest BCUT2D eigenvalue weighted by atomic mass is 9.97. The summed E-state index contributed by atoms with van der Waals surface area (Å²) >= 11 is 11.0. The molecule has 2 heterocycles. The van der Waals surface area contributed by atoms with Crippen molar-refractivity contribution in [1.29, 1.82) is 0 Å². The predicted octanol–water partition coefficient (Wildman–Crippen LogP) is -4.15. The first-order valence-electron chi connectivity index (χ1n) is 10.3. The van der Waals surface area contributed by atoms with E-state index in [4.69, 9.17) is 46.9 Å². The van der Waals surface area contributed by atoms with Crippen molar-refractivity contribution in [3.05, 3.63) is 0 Å². The van der Waals surface area contributed by atoms with E-state index in [1.165, 1.54) is 0 Å². The number of rotatable bonds is 12. The second-order valence-electron chi connectivity index (χ2n) is 7.85. The first-order valence-corrected chi connectivity index (χ1v) is 11.4. The lowest BCUT2D eigenvalue weighted by Crippen LogP contribution is -2.64. The van der Waals surface area contributed by atoms with Gasteiger partial charge in [-0.05, 0) is 0 Å². The van der Waals surface area contributed by atoms with E-state index < -0.39 is 73.6 Å². The Balaban J connectivity index is 2.06. The lowest BCUT2D eigenvalue weighted by Gasteiger charge is -2.45. The Bertz CT molecular complexity index is 563. The van der Waals surface area contributed by atoms with Crippen molar-refractivity contribution in [3.63, 3.8) is 0 Å². The fourth-order valence-electron chi connectivity index (χ4n) is 3.27. The molecule has 33 heavy (non-hydrogen) atoms. The third-order valence-corrected chi connectivity index (χ3v) is 5.87. The molecule has 0 aromatic rings. The zero-order valence-electron chi connectivity index (χ0n) is 17.5. The van der Waals surface area contributed by atoms with Crippen molar-refractivity contribution < 1.29 is 64.5 Å². The molecule has 0 spiro atoms. The van der Waals surface area contributed by atoms with Crippen molar-refractivity contribution in [1.82, 2.24) is 0 Å². The molecule has 2 aliphatic heterocycles. The highest BCUT2D eigenvalue weighted by Gasteiger charge is 2.50. The van der Waals surface area contributed by atoms with E-state index >= 15 is 0 Å². The summed E-state index contributed by atoms with van der Waals surface area (Å²) in [7, 11) is 0. The minimum absolute atomic E-state index is 0.0831. The van der Waals surface area contributed by atoms with Crippen molar-refractivity contribution in [2.75, 3.05) is 38.2 Å². The summed E-state index contributed by atoms with van der Waals surface area (Å²) in [6, 6.07) is 0. The van der Waals surface area contributed by atoms with Crippen LogP contribution in [0.1, 0.15) is 0 Å². The number of halogens is 2. The minimum Gasteiger partial charge on any atom is -0.389 e.